The van der Waals surface area contributed by atoms with Crippen LogP contribution in [-0.2, 0) is 19.1 Å². The molecule has 0 bridgehead atoms. The van der Waals surface area contributed by atoms with Crippen molar-refractivity contribution in [3.8, 4) is 0 Å². The first-order chi connectivity index (χ1) is 9.15. The summed E-state index contributed by atoms with van der Waals surface area (Å²) in [6.07, 6.45) is 3.99. The Morgan fingerprint density at radius 1 is 1.21 bits per heavy atom. The van der Waals surface area contributed by atoms with Crippen molar-refractivity contribution in [2.24, 2.45) is 5.73 Å². The van der Waals surface area contributed by atoms with Crippen LogP contribution in [0.5, 0.6) is 0 Å². The molecule has 1 atom stereocenters. The van der Waals surface area contributed by atoms with Crippen LogP contribution in [0.15, 0.2) is 12.2 Å². The quantitative estimate of drug-likeness (QED) is 0.449. The summed E-state index contributed by atoms with van der Waals surface area (Å²) in [5.41, 5.74) is 5.87. The van der Waals surface area contributed by atoms with Gasteiger partial charge in [-0.25, -0.2) is 0 Å². The number of imide groups is 1. The number of ether oxygens (including phenoxy) is 2. The second kappa shape index (κ2) is 8.79. The third-order valence-electron chi connectivity index (χ3n) is 2.77. The summed E-state index contributed by atoms with van der Waals surface area (Å²) in [6, 6.07) is -0.0811. The van der Waals surface area contributed by atoms with Crippen LogP contribution in [0.4, 0.5) is 0 Å². The number of nitrogens with two attached hydrogens (primary N) is 1. The van der Waals surface area contributed by atoms with Gasteiger partial charge in [0.25, 0.3) is 11.8 Å². The van der Waals surface area contributed by atoms with E-state index >= 15 is 0 Å². The first-order valence-corrected chi connectivity index (χ1v) is 6.59. The van der Waals surface area contributed by atoms with E-state index in [2.05, 4.69) is 0 Å². The number of hydrogen-bond donors (Lipinski definition) is 1. The van der Waals surface area contributed by atoms with E-state index in [0.717, 1.165) is 0 Å². The SMILES string of the molecule is CCOCCOCC(N)CCCN1C(=O)C=CC1=O. The van der Waals surface area contributed by atoms with Gasteiger partial charge in [-0.2, -0.15) is 0 Å². The highest BCUT2D eigenvalue weighted by Crippen LogP contribution is 2.06. The van der Waals surface area contributed by atoms with Crippen molar-refractivity contribution in [1.82, 2.24) is 4.90 Å². The van der Waals surface area contributed by atoms with Crippen LogP contribution in [0.25, 0.3) is 0 Å². The zero-order valence-corrected chi connectivity index (χ0v) is 11.3. The normalized spacial score (nSPS) is 16.4. The molecule has 0 radical (unpaired) electrons. The molecule has 19 heavy (non-hydrogen) atoms. The van der Waals surface area contributed by atoms with Crippen molar-refractivity contribution < 1.29 is 19.1 Å². The Morgan fingerprint density at radius 2 is 1.84 bits per heavy atom. The molecule has 6 nitrogen and oxygen atoms in total. The molecule has 0 spiro atoms. The number of carbonyl (C=O) groups is 2. The average molecular weight is 270 g/mol. The fourth-order valence-electron chi connectivity index (χ4n) is 1.74. The second-order valence-corrected chi connectivity index (χ2v) is 4.34. The smallest absolute Gasteiger partial charge is 0.253 e. The topological polar surface area (TPSA) is 81.9 Å². The summed E-state index contributed by atoms with van der Waals surface area (Å²) < 4.78 is 10.5. The van der Waals surface area contributed by atoms with Crippen LogP contribution in [0.1, 0.15) is 19.8 Å². The van der Waals surface area contributed by atoms with Crippen molar-refractivity contribution in [3.05, 3.63) is 12.2 Å². The lowest BCUT2D eigenvalue weighted by molar-refractivity contribution is -0.136. The molecule has 0 aromatic heterocycles. The Balaban J connectivity index is 2.02. The van der Waals surface area contributed by atoms with Gasteiger partial charge in [0.1, 0.15) is 0 Å². The summed E-state index contributed by atoms with van der Waals surface area (Å²) in [5, 5.41) is 0. The number of carbonyl (C=O) groups excluding carboxylic acids is 2. The lowest BCUT2D eigenvalue weighted by atomic mass is 10.2. The Labute approximate surface area is 113 Å². The minimum Gasteiger partial charge on any atom is -0.379 e. The largest absolute Gasteiger partial charge is 0.379 e. The molecule has 0 aromatic carbocycles. The average Bonchev–Trinajstić information content (AvgIpc) is 2.70. The molecule has 1 aliphatic rings. The third kappa shape index (κ3) is 5.96. The van der Waals surface area contributed by atoms with Crippen molar-refractivity contribution in [1.29, 1.82) is 0 Å². The summed E-state index contributed by atoms with van der Waals surface area (Å²) in [6.45, 7) is 4.60. The minimum absolute atomic E-state index is 0.0811. The van der Waals surface area contributed by atoms with Gasteiger partial charge in [-0.3, -0.25) is 14.5 Å². The van der Waals surface area contributed by atoms with Gasteiger partial charge in [0.2, 0.25) is 0 Å². The standard InChI is InChI=1S/C13H22N2O4/c1-2-18-8-9-19-10-11(14)4-3-7-15-12(16)5-6-13(15)17/h5-6,11H,2-4,7-10,14H2,1H3. The first kappa shape index (κ1) is 15.8. The van der Waals surface area contributed by atoms with E-state index in [9.17, 15) is 9.59 Å². The second-order valence-electron chi connectivity index (χ2n) is 4.34. The molecular formula is C13H22N2O4. The van der Waals surface area contributed by atoms with E-state index in [1.807, 2.05) is 6.92 Å². The molecule has 1 unspecified atom stereocenters. The molecule has 1 rings (SSSR count). The molecule has 0 aliphatic carbocycles. The van der Waals surface area contributed by atoms with E-state index in [1.54, 1.807) is 0 Å². The fraction of sp³-hybridized carbons (Fsp3) is 0.692. The Hall–Kier alpha value is -1.24. The zero-order chi connectivity index (χ0) is 14.1. The van der Waals surface area contributed by atoms with E-state index < -0.39 is 0 Å². The molecular weight excluding hydrogens is 248 g/mol. The minimum atomic E-state index is -0.244. The first-order valence-electron chi connectivity index (χ1n) is 6.59. The third-order valence-corrected chi connectivity index (χ3v) is 2.77. The van der Waals surface area contributed by atoms with Crippen molar-refractivity contribution in [3.63, 3.8) is 0 Å². The van der Waals surface area contributed by atoms with Gasteiger partial charge in [0, 0.05) is 31.3 Å². The van der Waals surface area contributed by atoms with E-state index in [4.69, 9.17) is 15.2 Å². The molecule has 0 aromatic rings. The van der Waals surface area contributed by atoms with Crippen molar-refractivity contribution in [2.75, 3.05) is 33.0 Å². The van der Waals surface area contributed by atoms with Gasteiger partial charge < -0.3 is 15.2 Å². The lowest BCUT2D eigenvalue weighted by Gasteiger charge is -2.16. The van der Waals surface area contributed by atoms with Crippen molar-refractivity contribution in [2.45, 2.75) is 25.8 Å². The molecule has 2 N–H and O–H groups in total. The molecule has 0 fully saturated rings. The van der Waals surface area contributed by atoms with Gasteiger partial charge in [-0.1, -0.05) is 0 Å². The van der Waals surface area contributed by atoms with Crippen LogP contribution in [0, 0.1) is 0 Å². The molecule has 108 valence electrons. The molecule has 6 heteroatoms. The highest BCUT2D eigenvalue weighted by molar-refractivity contribution is 6.12. The summed E-state index contributed by atoms with van der Waals surface area (Å²) >= 11 is 0. The Morgan fingerprint density at radius 3 is 2.47 bits per heavy atom. The highest BCUT2D eigenvalue weighted by atomic mass is 16.5. The van der Waals surface area contributed by atoms with E-state index in [1.165, 1.54) is 17.1 Å². The summed E-state index contributed by atoms with van der Waals surface area (Å²) in [4.78, 5) is 23.8. The van der Waals surface area contributed by atoms with Crippen LogP contribution >= 0.6 is 0 Å². The van der Waals surface area contributed by atoms with Gasteiger partial charge in [-0.15, -0.1) is 0 Å². The number of hydrogen-bond acceptors (Lipinski definition) is 5. The lowest BCUT2D eigenvalue weighted by Crippen LogP contribution is -2.33. The maximum absolute atomic E-state index is 11.3. The molecule has 0 saturated carbocycles. The summed E-state index contributed by atoms with van der Waals surface area (Å²) in [7, 11) is 0. The number of amides is 2. The monoisotopic (exact) mass is 270 g/mol. The maximum Gasteiger partial charge on any atom is 0.253 e. The van der Waals surface area contributed by atoms with Crippen LogP contribution in [-0.4, -0.2) is 55.7 Å². The van der Waals surface area contributed by atoms with Gasteiger partial charge >= 0.3 is 0 Å². The van der Waals surface area contributed by atoms with Crippen LogP contribution in [0.2, 0.25) is 0 Å². The maximum atomic E-state index is 11.3. The molecule has 1 heterocycles. The van der Waals surface area contributed by atoms with Gasteiger partial charge in [0.05, 0.1) is 19.8 Å². The van der Waals surface area contributed by atoms with E-state index in [-0.39, 0.29) is 17.9 Å². The predicted octanol–water partition coefficient (Wildman–Crippen LogP) is 0.0720. The highest BCUT2D eigenvalue weighted by Gasteiger charge is 2.22. The Kier molecular flexibility index (Phi) is 7.32. The van der Waals surface area contributed by atoms with Crippen molar-refractivity contribution >= 4 is 11.8 Å². The fourth-order valence-corrected chi connectivity index (χ4v) is 1.74. The number of rotatable bonds is 10. The van der Waals surface area contributed by atoms with Crippen LogP contribution < -0.4 is 5.73 Å². The molecule has 2 amide bonds. The number of nitrogens with zero attached hydrogens (tertiary/aromatic N) is 1. The zero-order valence-electron chi connectivity index (χ0n) is 11.3. The summed E-state index contributed by atoms with van der Waals surface area (Å²) in [5.74, 6) is -0.488. The predicted molar refractivity (Wildman–Crippen MR) is 70.4 cm³/mol. The van der Waals surface area contributed by atoms with Gasteiger partial charge in [-0.05, 0) is 19.8 Å². The molecule has 0 saturated heterocycles. The van der Waals surface area contributed by atoms with Crippen LogP contribution in [0.3, 0.4) is 0 Å². The van der Waals surface area contributed by atoms with E-state index in [0.29, 0.717) is 45.8 Å². The van der Waals surface area contributed by atoms with Gasteiger partial charge in [0.15, 0.2) is 0 Å². The Bertz CT molecular complexity index is 313. The molecule has 1 aliphatic heterocycles.